The van der Waals surface area contributed by atoms with E-state index in [1.165, 1.54) is 13.2 Å². The van der Waals surface area contributed by atoms with Gasteiger partial charge in [0.2, 0.25) is 0 Å². The second-order valence-electron chi connectivity index (χ2n) is 4.13. The number of hydrogen-bond donors (Lipinski definition) is 2. The molecule has 0 bridgehead atoms. The van der Waals surface area contributed by atoms with E-state index in [1.54, 1.807) is 0 Å². The van der Waals surface area contributed by atoms with Crippen LogP contribution in [-0.2, 0) is 14.6 Å². The van der Waals surface area contributed by atoms with Gasteiger partial charge in [-0.15, -0.1) is 0 Å². The number of carbonyl (C=O) groups is 1. The third-order valence-corrected chi connectivity index (χ3v) is 4.50. The van der Waals surface area contributed by atoms with Crippen LogP contribution in [0.2, 0.25) is 0 Å². The van der Waals surface area contributed by atoms with Crippen molar-refractivity contribution in [1.82, 2.24) is 5.32 Å². The molecule has 0 amide bonds. The molecule has 1 fully saturated rings. The van der Waals surface area contributed by atoms with Crippen LogP contribution in [0.25, 0.3) is 0 Å². The topological polar surface area (TPSA) is 83.5 Å². The lowest BCUT2D eigenvalue weighted by Crippen LogP contribution is -2.47. The number of nitrogens with one attached hydrogen (secondary N) is 1. The SMILES string of the molecule is CC(NC1CCCC1S(C)(=O)=O)C(=O)O. The van der Waals surface area contributed by atoms with Crippen molar-refractivity contribution in [3.8, 4) is 0 Å². The number of sulfone groups is 1. The van der Waals surface area contributed by atoms with Gasteiger partial charge in [-0.25, -0.2) is 8.42 Å². The summed E-state index contributed by atoms with van der Waals surface area (Å²) in [5.74, 6) is -0.950. The van der Waals surface area contributed by atoms with E-state index >= 15 is 0 Å². The summed E-state index contributed by atoms with van der Waals surface area (Å²) in [6, 6.07) is -0.913. The highest BCUT2D eigenvalue weighted by molar-refractivity contribution is 7.91. The maximum atomic E-state index is 11.4. The predicted molar refractivity (Wildman–Crippen MR) is 56.5 cm³/mol. The van der Waals surface area contributed by atoms with Gasteiger partial charge in [-0.1, -0.05) is 6.42 Å². The molecule has 3 atom stereocenters. The summed E-state index contributed by atoms with van der Waals surface area (Å²) in [6.45, 7) is 1.53. The Labute approximate surface area is 89.8 Å². The fraction of sp³-hybridized carbons (Fsp3) is 0.889. The highest BCUT2D eigenvalue weighted by Gasteiger charge is 2.35. The molecule has 0 radical (unpaired) electrons. The number of carboxylic acid groups (broad SMARTS) is 1. The third-order valence-electron chi connectivity index (χ3n) is 2.84. The molecule has 6 heteroatoms. The molecule has 1 aliphatic rings. The molecule has 0 aromatic carbocycles. The van der Waals surface area contributed by atoms with E-state index in [4.69, 9.17) is 5.11 Å². The summed E-state index contributed by atoms with van der Waals surface area (Å²) < 4.78 is 22.8. The molecule has 1 aliphatic carbocycles. The zero-order valence-corrected chi connectivity index (χ0v) is 9.75. The Bertz CT molecular complexity index is 338. The first-order chi connectivity index (χ1) is 6.82. The zero-order chi connectivity index (χ0) is 11.6. The highest BCUT2D eigenvalue weighted by atomic mass is 32.2. The summed E-state index contributed by atoms with van der Waals surface area (Å²) >= 11 is 0. The maximum absolute atomic E-state index is 11.4. The Morgan fingerprint density at radius 1 is 1.47 bits per heavy atom. The maximum Gasteiger partial charge on any atom is 0.320 e. The zero-order valence-electron chi connectivity index (χ0n) is 8.93. The number of rotatable bonds is 4. The quantitative estimate of drug-likeness (QED) is 0.717. The van der Waals surface area contributed by atoms with Crippen molar-refractivity contribution >= 4 is 15.8 Å². The first-order valence-corrected chi connectivity index (χ1v) is 6.95. The molecular formula is C9H17NO4S. The summed E-state index contributed by atoms with van der Waals surface area (Å²) in [5.41, 5.74) is 0. The van der Waals surface area contributed by atoms with Crippen molar-refractivity contribution in [3.63, 3.8) is 0 Å². The van der Waals surface area contributed by atoms with Crippen LogP contribution < -0.4 is 5.32 Å². The minimum atomic E-state index is -3.08. The lowest BCUT2D eigenvalue weighted by Gasteiger charge is -2.21. The normalized spacial score (nSPS) is 28.9. The van der Waals surface area contributed by atoms with Gasteiger partial charge in [0, 0.05) is 12.3 Å². The lowest BCUT2D eigenvalue weighted by molar-refractivity contribution is -0.139. The van der Waals surface area contributed by atoms with Crippen LogP contribution in [0.4, 0.5) is 0 Å². The molecule has 0 aromatic rings. The Morgan fingerprint density at radius 2 is 2.07 bits per heavy atom. The summed E-state index contributed by atoms with van der Waals surface area (Å²) in [4.78, 5) is 10.6. The van der Waals surface area contributed by atoms with Gasteiger partial charge in [0.1, 0.15) is 6.04 Å². The van der Waals surface area contributed by atoms with Crippen molar-refractivity contribution < 1.29 is 18.3 Å². The number of hydrogen-bond acceptors (Lipinski definition) is 4. The van der Waals surface area contributed by atoms with E-state index < -0.39 is 27.1 Å². The van der Waals surface area contributed by atoms with E-state index in [-0.39, 0.29) is 6.04 Å². The van der Waals surface area contributed by atoms with Gasteiger partial charge in [-0.05, 0) is 19.8 Å². The second-order valence-corrected chi connectivity index (χ2v) is 6.40. The van der Waals surface area contributed by atoms with Crippen molar-refractivity contribution in [2.45, 2.75) is 43.5 Å². The molecule has 1 rings (SSSR count). The van der Waals surface area contributed by atoms with Gasteiger partial charge in [0.15, 0.2) is 9.84 Å². The average Bonchev–Trinajstić information content (AvgIpc) is 2.50. The molecule has 0 saturated heterocycles. The van der Waals surface area contributed by atoms with Crippen molar-refractivity contribution in [2.75, 3.05) is 6.26 Å². The monoisotopic (exact) mass is 235 g/mol. The Morgan fingerprint density at radius 3 is 2.53 bits per heavy atom. The van der Waals surface area contributed by atoms with Crippen molar-refractivity contribution in [3.05, 3.63) is 0 Å². The van der Waals surface area contributed by atoms with Gasteiger partial charge >= 0.3 is 5.97 Å². The van der Waals surface area contributed by atoms with Crippen molar-refractivity contribution in [1.29, 1.82) is 0 Å². The van der Waals surface area contributed by atoms with Crippen LogP contribution in [0.1, 0.15) is 26.2 Å². The van der Waals surface area contributed by atoms with Crippen LogP contribution in [0.5, 0.6) is 0 Å². The smallest absolute Gasteiger partial charge is 0.320 e. The first kappa shape index (κ1) is 12.4. The van der Waals surface area contributed by atoms with Gasteiger partial charge in [-0.3, -0.25) is 4.79 Å². The van der Waals surface area contributed by atoms with Crippen LogP contribution in [0, 0.1) is 0 Å². The molecule has 0 heterocycles. The van der Waals surface area contributed by atoms with Gasteiger partial charge < -0.3 is 10.4 Å². The average molecular weight is 235 g/mol. The van der Waals surface area contributed by atoms with Gasteiger partial charge in [0.05, 0.1) is 5.25 Å². The van der Waals surface area contributed by atoms with Gasteiger partial charge in [-0.2, -0.15) is 0 Å². The van der Waals surface area contributed by atoms with Gasteiger partial charge in [0.25, 0.3) is 0 Å². The Balaban J connectivity index is 2.66. The minimum absolute atomic E-state index is 0.217. The van der Waals surface area contributed by atoms with Crippen LogP contribution in [-0.4, -0.2) is 43.1 Å². The van der Waals surface area contributed by atoms with E-state index in [9.17, 15) is 13.2 Å². The third kappa shape index (κ3) is 3.17. The first-order valence-electron chi connectivity index (χ1n) is 5.00. The second kappa shape index (κ2) is 4.49. The summed E-state index contributed by atoms with van der Waals surface area (Å²) in [5, 5.41) is 11.1. The lowest BCUT2D eigenvalue weighted by atomic mass is 10.2. The molecular weight excluding hydrogens is 218 g/mol. The Kier molecular flexibility index (Phi) is 3.72. The minimum Gasteiger partial charge on any atom is -0.480 e. The molecule has 3 unspecified atom stereocenters. The molecule has 1 saturated carbocycles. The van der Waals surface area contributed by atoms with Crippen LogP contribution in [0.15, 0.2) is 0 Å². The molecule has 5 nitrogen and oxygen atoms in total. The number of aliphatic carboxylic acids is 1. The van der Waals surface area contributed by atoms with Crippen LogP contribution in [0.3, 0.4) is 0 Å². The summed E-state index contributed by atoms with van der Waals surface area (Å²) in [7, 11) is -3.08. The Hall–Kier alpha value is -0.620. The molecule has 88 valence electrons. The van der Waals surface area contributed by atoms with E-state index in [0.29, 0.717) is 6.42 Å². The molecule has 0 aromatic heterocycles. The summed E-state index contributed by atoms with van der Waals surface area (Å²) in [6.07, 6.45) is 3.41. The fourth-order valence-electron chi connectivity index (χ4n) is 2.02. The molecule has 15 heavy (non-hydrogen) atoms. The fourth-order valence-corrected chi connectivity index (χ4v) is 3.43. The van der Waals surface area contributed by atoms with E-state index in [2.05, 4.69) is 5.32 Å². The molecule has 0 aliphatic heterocycles. The number of carboxylic acids is 1. The molecule has 0 spiro atoms. The predicted octanol–water partition coefficient (Wildman–Crippen LogP) is 0.0148. The van der Waals surface area contributed by atoms with E-state index in [1.807, 2.05) is 0 Å². The van der Waals surface area contributed by atoms with E-state index in [0.717, 1.165) is 12.8 Å². The highest BCUT2D eigenvalue weighted by Crippen LogP contribution is 2.25. The largest absolute Gasteiger partial charge is 0.480 e. The standard InChI is InChI=1S/C9H17NO4S/c1-6(9(11)12)10-7-4-3-5-8(7)15(2,13)14/h6-8,10H,3-5H2,1-2H3,(H,11,12). The van der Waals surface area contributed by atoms with Crippen molar-refractivity contribution in [2.24, 2.45) is 0 Å². The van der Waals surface area contributed by atoms with Crippen LogP contribution >= 0.6 is 0 Å². The molecule has 2 N–H and O–H groups in total.